The number of methoxy groups -OCH3 is 1. The van der Waals surface area contributed by atoms with Gasteiger partial charge in [0.15, 0.2) is 0 Å². The number of rotatable bonds is 9. The molecule has 2 aliphatic rings. The third-order valence-corrected chi connectivity index (χ3v) is 6.07. The lowest BCUT2D eigenvalue weighted by Crippen LogP contribution is -2.42. The van der Waals surface area contributed by atoms with E-state index in [2.05, 4.69) is 49.9 Å². The van der Waals surface area contributed by atoms with Gasteiger partial charge in [-0.1, -0.05) is 39.0 Å². The first-order valence-corrected chi connectivity index (χ1v) is 10.7. The lowest BCUT2D eigenvalue weighted by molar-refractivity contribution is -0.141. The van der Waals surface area contributed by atoms with Gasteiger partial charge in [0, 0.05) is 44.4 Å². The molecule has 0 N–H and O–H groups in total. The lowest BCUT2D eigenvalue weighted by atomic mass is 9.80. The van der Waals surface area contributed by atoms with E-state index in [4.69, 9.17) is 9.47 Å². The van der Waals surface area contributed by atoms with Crippen LogP contribution in [0.2, 0.25) is 0 Å². The van der Waals surface area contributed by atoms with Gasteiger partial charge in [0.1, 0.15) is 6.10 Å². The Hall–Kier alpha value is -1.59. The van der Waals surface area contributed by atoms with E-state index in [9.17, 15) is 4.79 Å². The summed E-state index contributed by atoms with van der Waals surface area (Å²) in [6, 6.07) is 8.69. The first-order valence-electron chi connectivity index (χ1n) is 10.7. The van der Waals surface area contributed by atoms with Gasteiger partial charge >= 0.3 is 0 Å². The van der Waals surface area contributed by atoms with Crippen LogP contribution in [0.1, 0.15) is 45.6 Å². The van der Waals surface area contributed by atoms with Crippen LogP contribution in [0.4, 0.5) is 5.69 Å². The highest BCUT2D eigenvalue weighted by Crippen LogP contribution is 2.47. The van der Waals surface area contributed by atoms with Crippen molar-refractivity contribution in [2.75, 3.05) is 51.4 Å². The van der Waals surface area contributed by atoms with Crippen molar-refractivity contribution in [1.29, 1.82) is 0 Å². The highest BCUT2D eigenvalue weighted by Gasteiger charge is 2.50. The number of ether oxygens (including phenoxy) is 2. The Morgan fingerprint density at radius 3 is 2.86 bits per heavy atom. The normalized spacial score (nSPS) is 23.6. The fourth-order valence-electron chi connectivity index (χ4n) is 4.54. The summed E-state index contributed by atoms with van der Waals surface area (Å²) in [6.07, 6.45) is 2.55. The standard InChI is InChI=1S/C23H36N2O3/c1-5-11-24(13-14-27-4)22(26)21-15-23(17-28-21)16-25(12-10-18(2)3)20-9-7-6-8-19(20)23/h6-9,18,21H,5,10-17H2,1-4H3. The van der Waals surface area contributed by atoms with E-state index in [0.29, 0.717) is 25.7 Å². The Labute approximate surface area is 170 Å². The fraction of sp³-hybridized carbons (Fsp3) is 0.696. The summed E-state index contributed by atoms with van der Waals surface area (Å²) in [6.45, 7) is 11.2. The zero-order valence-electron chi connectivity index (χ0n) is 17.9. The largest absolute Gasteiger partial charge is 0.383 e. The molecular weight excluding hydrogens is 352 g/mol. The van der Waals surface area contributed by atoms with Gasteiger partial charge in [0.05, 0.1) is 13.2 Å². The molecule has 1 aromatic carbocycles. The number of benzene rings is 1. The van der Waals surface area contributed by atoms with E-state index < -0.39 is 0 Å². The van der Waals surface area contributed by atoms with Crippen molar-refractivity contribution in [2.45, 2.75) is 51.6 Å². The van der Waals surface area contributed by atoms with Gasteiger partial charge < -0.3 is 19.3 Å². The van der Waals surface area contributed by atoms with Crippen molar-refractivity contribution >= 4 is 11.6 Å². The average molecular weight is 389 g/mol. The SMILES string of the molecule is CCCN(CCOC)C(=O)C1CC2(CO1)CN(CCC(C)C)c1ccccc12. The molecule has 0 bridgehead atoms. The maximum atomic E-state index is 13.1. The van der Waals surface area contributed by atoms with Crippen LogP contribution in [0.5, 0.6) is 0 Å². The van der Waals surface area contributed by atoms with Crippen LogP contribution in [0.3, 0.4) is 0 Å². The number of carbonyl (C=O) groups is 1. The van der Waals surface area contributed by atoms with Gasteiger partial charge in [0.2, 0.25) is 0 Å². The molecule has 28 heavy (non-hydrogen) atoms. The number of fused-ring (bicyclic) bond motifs is 2. The molecule has 1 amide bonds. The molecule has 2 aliphatic heterocycles. The zero-order valence-corrected chi connectivity index (χ0v) is 17.9. The summed E-state index contributed by atoms with van der Waals surface area (Å²) in [5.74, 6) is 0.801. The lowest BCUT2D eigenvalue weighted by Gasteiger charge is -2.26. The maximum Gasteiger partial charge on any atom is 0.251 e. The molecule has 0 saturated carbocycles. The van der Waals surface area contributed by atoms with E-state index in [0.717, 1.165) is 32.5 Å². The molecule has 2 atom stereocenters. The fourth-order valence-corrected chi connectivity index (χ4v) is 4.54. The van der Waals surface area contributed by atoms with Gasteiger partial charge in [-0.25, -0.2) is 0 Å². The van der Waals surface area contributed by atoms with Crippen LogP contribution in [-0.4, -0.2) is 63.4 Å². The first kappa shape index (κ1) is 21.1. The smallest absolute Gasteiger partial charge is 0.251 e. The second-order valence-corrected chi connectivity index (χ2v) is 8.72. The third kappa shape index (κ3) is 4.36. The van der Waals surface area contributed by atoms with Gasteiger partial charge in [-0.05, 0) is 36.8 Å². The van der Waals surface area contributed by atoms with E-state index in [1.54, 1.807) is 7.11 Å². The minimum atomic E-state index is -0.346. The quantitative estimate of drug-likeness (QED) is 0.650. The number of hydrogen-bond acceptors (Lipinski definition) is 4. The van der Waals surface area contributed by atoms with E-state index in [1.165, 1.54) is 17.7 Å². The number of anilines is 1. The monoisotopic (exact) mass is 388 g/mol. The van der Waals surface area contributed by atoms with Crippen LogP contribution < -0.4 is 4.90 Å². The Balaban J connectivity index is 1.74. The van der Waals surface area contributed by atoms with Crippen molar-refractivity contribution in [3.63, 3.8) is 0 Å². The molecule has 5 heteroatoms. The van der Waals surface area contributed by atoms with Crippen LogP contribution >= 0.6 is 0 Å². The van der Waals surface area contributed by atoms with Crippen molar-refractivity contribution in [2.24, 2.45) is 5.92 Å². The Morgan fingerprint density at radius 1 is 1.36 bits per heavy atom. The average Bonchev–Trinajstić information content (AvgIpc) is 3.26. The summed E-state index contributed by atoms with van der Waals surface area (Å²) in [5.41, 5.74) is 2.62. The van der Waals surface area contributed by atoms with Gasteiger partial charge in [-0.2, -0.15) is 0 Å². The molecule has 5 nitrogen and oxygen atoms in total. The molecule has 156 valence electrons. The van der Waals surface area contributed by atoms with Crippen LogP contribution in [-0.2, 0) is 19.7 Å². The van der Waals surface area contributed by atoms with Crippen molar-refractivity contribution < 1.29 is 14.3 Å². The molecule has 3 rings (SSSR count). The highest BCUT2D eigenvalue weighted by atomic mass is 16.5. The topological polar surface area (TPSA) is 42.0 Å². The van der Waals surface area contributed by atoms with Crippen molar-refractivity contribution in [1.82, 2.24) is 4.90 Å². The minimum Gasteiger partial charge on any atom is -0.383 e. The van der Waals surface area contributed by atoms with E-state index in [1.807, 2.05) is 4.90 Å². The Morgan fingerprint density at radius 2 is 2.14 bits per heavy atom. The number of carbonyl (C=O) groups excluding carboxylic acids is 1. The van der Waals surface area contributed by atoms with Crippen LogP contribution in [0, 0.1) is 5.92 Å². The molecular formula is C23H36N2O3. The first-order chi connectivity index (χ1) is 13.5. The molecule has 0 radical (unpaired) electrons. The van der Waals surface area contributed by atoms with E-state index >= 15 is 0 Å². The molecule has 2 heterocycles. The molecule has 1 fully saturated rings. The molecule has 2 unspecified atom stereocenters. The van der Waals surface area contributed by atoms with Crippen LogP contribution in [0.15, 0.2) is 24.3 Å². The van der Waals surface area contributed by atoms with Gasteiger partial charge in [-0.15, -0.1) is 0 Å². The molecule has 1 saturated heterocycles. The second-order valence-electron chi connectivity index (χ2n) is 8.72. The second kappa shape index (κ2) is 9.27. The molecule has 0 aromatic heterocycles. The Kier molecular flexibility index (Phi) is 7.00. The number of para-hydroxylation sites is 1. The summed E-state index contributed by atoms with van der Waals surface area (Å²) in [5, 5.41) is 0. The van der Waals surface area contributed by atoms with Gasteiger partial charge in [0.25, 0.3) is 5.91 Å². The number of nitrogens with zero attached hydrogens (tertiary/aromatic N) is 2. The molecule has 0 aliphatic carbocycles. The van der Waals surface area contributed by atoms with Gasteiger partial charge in [-0.3, -0.25) is 4.79 Å². The predicted molar refractivity (Wildman–Crippen MR) is 113 cm³/mol. The van der Waals surface area contributed by atoms with Crippen molar-refractivity contribution in [3.05, 3.63) is 29.8 Å². The Bertz CT molecular complexity index is 663. The zero-order chi connectivity index (χ0) is 20.1. The summed E-state index contributed by atoms with van der Waals surface area (Å²) in [7, 11) is 1.68. The van der Waals surface area contributed by atoms with Crippen LogP contribution in [0.25, 0.3) is 0 Å². The number of hydrogen-bond donors (Lipinski definition) is 0. The minimum absolute atomic E-state index is 0.0625. The van der Waals surface area contributed by atoms with E-state index in [-0.39, 0.29) is 17.4 Å². The van der Waals surface area contributed by atoms with Crippen molar-refractivity contribution in [3.8, 4) is 0 Å². The molecule has 1 aromatic rings. The predicted octanol–water partition coefficient (Wildman–Crippen LogP) is 3.46. The summed E-state index contributed by atoms with van der Waals surface area (Å²) >= 11 is 0. The maximum absolute atomic E-state index is 13.1. The highest BCUT2D eigenvalue weighted by molar-refractivity contribution is 5.82. The third-order valence-electron chi connectivity index (χ3n) is 6.07. The number of amides is 1. The molecule has 1 spiro atoms. The summed E-state index contributed by atoms with van der Waals surface area (Å²) in [4.78, 5) is 17.5. The summed E-state index contributed by atoms with van der Waals surface area (Å²) < 4.78 is 11.3.